The number of halogens is 1. The van der Waals surface area contributed by atoms with Crippen LogP contribution < -0.4 is 0 Å². The highest BCUT2D eigenvalue weighted by Crippen LogP contribution is 2.29. The second kappa shape index (κ2) is 7.34. The third-order valence-corrected chi connectivity index (χ3v) is 5.67. The molecule has 1 saturated heterocycles. The zero-order valence-electron chi connectivity index (χ0n) is 16.6. The Morgan fingerprint density at radius 1 is 1.04 bits per heavy atom. The number of amides is 1. The van der Waals surface area contributed by atoms with E-state index < -0.39 is 0 Å². The minimum atomic E-state index is -0.267. The Bertz CT molecular complexity index is 1030. The summed E-state index contributed by atoms with van der Waals surface area (Å²) in [7, 11) is 0. The maximum absolute atomic E-state index is 13.3. The van der Waals surface area contributed by atoms with E-state index in [9.17, 15) is 9.18 Å². The second-order valence-electron chi connectivity index (χ2n) is 7.58. The number of aromatic nitrogens is 3. The average Bonchev–Trinajstić information content (AvgIpc) is 3.02. The van der Waals surface area contributed by atoms with Gasteiger partial charge in [0.15, 0.2) is 5.65 Å². The molecule has 1 aliphatic heterocycles. The molecule has 0 unspecified atom stereocenters. The number of rotatable bonds is 3. The molecule has 0 radical (unpaired) electrons. The summed E-state index contributed by atoms with van der Waals surface area (Å²) in [6.45, 7) is 7.56. The summed E-state index contributed by atoms with van der Waals surface area (Å²) in [4.78, 5) is 19.5. The van der Waals surface area contributed by atoms with Gasteiger partial charge in [-0.15, -0.1) is 0 Å². The average molecular weight is 380 g/mol. The largest absolute Gasteiger partial charge is 0.342 e. The van der Waals surface area contributed by atoms with Crippen LogP contribution in [0.3, 0.4) is 0 Å². The molecule has 0 N–H and O–H groups in total. The zero-order valence-corrected chi connectivity index (χ0v) is 16.6. The predicted octanol–water partition coefficient (Wildman–Crippen LogP) is 4.02. The lowest BCUT2D eigenvalue weighted by atomic mass is 10.0. The van der Waals surface area contributed by atoms with Crippen molar-refractivity contribution in [3.63, 3.8) is 0 Å². The van der Waals surface area contributed by atoms with Gasteiger partial charge in [-0.2, -0.15) is 5.10 Å². The van der Waals surface area contributed by atoms with E-state index in [1.807, 2.05) is 30.2 Å². The number of carbonyl (C=O) groups is 1. The SMILES string of the molecule is Cc1nc2c(-c3ccc(F)cc3)c(C)nn2c(C)c1CC(=O)N1CCCCC1. The number of hydrogen-bond donors (Lipinski definition) is 0. The number of nitrogens with zero attached hydrogens (tertiary/aromatic N) is 4. The number of piperidine rings is 1. The quantitative estimate of drug-likeness (QED) is 0.690. The Morgan fingerprint density at radius 2 is 1.71 bits per heavy atom. The Labute approximate surface area is 164 Å². The lowest BCUT2D eigenvalue weighted by molar-refractivity contribution is -0.131. The van der Waals surface area contributed by atoms with Crippen molar-refractivity contribution in [2.45, 2.75) is 46.5 Å². The molecule has 1 aromatic carbocycles. The number of fused-ring (bicyclic) bond motifs is 1. The summed E-state index contributed by atoms with van der Waals surface area (Å²) < 4.78 is 15.1. The Kier molecular flexibility index (Phi) is 4.87. The molecule has 5 nitrogen and oxygen atoms in total. The van der Waals surface area contributed by atoms with Gasteiger partial charge in [0.2, 0.25) is 5.91 Å². The maximum Gasteiger partial charge on any atom is 0.227 e. The summed E-state index contributed by atoms with van der Waals surface area (Å²) in [5, 5.41) is 4.67. The molecule has 28 heavy (non-hydrogen) atoms. The van der Waals surface area contributed by atoms with Gasteiger partial charge in [0.1, 0.15) is 5.82 Å². The summed E-state index contributed by atoms with van der Waals surface area (Å²) in [5.41, 5.74) is 6.09. The number of hydrogen-bond acceptors (Lipinski definition) is 3. The van der Waals surface area contributed by atoms with Crippen LogP contribution in [0.1, 0.15) is 41.9 Å². The molecular weight excluding hydrogens is 355 g/mol. The Balaban J connectivity index is 1.74. The van der Waals surface area contributed by atoms with Crippen molar-refractivity contribution in [3.05, 3.63) is 52.7 Å². The van der Waals surface area contributed by atoms with Gasteiger partial charge in [0.05, 0.1) is 12.1 Å². The van der Waals surface area contributed by atoms with E-state index in [0.717, 1.165) is 65.4 Å². The first-order valence-corrected chi connectivity index (χ1v) is 9.85. The number of benzene rings is 1. The van der Waals surface area contributed by atoms with E-state index in [-0.39, 0.29) is 11.7 Å². The topological polar surface area (TPSA) is 50.5 Å². The molecule has 0 atom stereocenters. The van der Waals surface area contributed by atoms with Gasteiger partial charge < -0.3 is 4.90 Å². The number of aryl methyl sites for hydroxylation is 3. The highest BCUT2D eigenvalue weighted by Gasteiger charge is 2.22. The van der Waals surface area contributed by atoms with Crippen molar-refractivity contribution in [1.82, 2.24) is 19.5 Å². The molecule has 1 aliphatic rings. The molecule has 1 fully saturated rings. The fraction of sp³-hybridized carbons (Fsp3) is 0.409. The summed E-state index contributed by atoms with van der Waals surface area (Å²) >= 11 is 0. The van der Waals surface area contributed by atoms with Gasteiger partial charge in [-0.3, -0.25) is 4.79 Å². The van der Waals surface area contributed by atoms with E-state index in [0.29, 0.717) is 6.42 Å². The van der Waals surface area contributed by atoms with E-state index >= 15 is 0 Å². The maximum atomic E-state index is 13.3. The first kappa shape index (κ1) is 18.6. The molecule has 0 saturated carbocycles. The fourth-order valence-corrected chi connectivity index (χ4v) is 4.08. The number of carbonyl (C=O) groups excluding carboxylic acids is 1. The summed E-state index contributed by atoms with van der Waals surface area (Å²) in [6, 6.07) is 6.40. The van der Waals surface area contributed by atoms with Gasteiger partial charge in [0, 0.05) is 35.6 Å². The molecule has 6 heteroatoms. The van der Waals surface area contributed by atoms with Crippen molar-refractivity contribution in [2.24, 2.45) is 0 Å². The minimum absolute atomic E-state index is 0.162. The molecule has 4 rings (SSSR count). The molecule has 3 aromatic rings. The van der Waals surface area contributed by atoms with Crippen LogP contribution in [0.15, 0.2) is 24.3 Å². The van der Waals surface area contributed by atoms with Crippen molar-refractivity contribution in [2.75, 3.05) is 13.1 Å². The number of likely N-dealkylation sites (tertiary alicyclic amines) is 1. The first-order chi connectivity index (χ1) is 13.5. The second-order valence-corrected chi connectivity index (χ2v) is 7.58. The monoisotopic (exact) mass is 380 g/mol. The molecule has 0 aliphatic carbocycles. The van der Waals surface area contributed by atoms with Crippen LogP contribution in [0.5, 0.6) is 0 Å². The van der Waals surface area contributed by atoms with Crippen molar-refractivity contribution < 1.29 is 9.18 Å². The van der Waals surface area contributed by atoms with E-state index in [2.05, 4.69) is 5.10 Å². The van der Waals surface area contributed by atoms with Gasteiger partial charge >= 0.3 is 0 Å². The molecule has 3 heterocycles. The molecule has 0 bridgehead atoms. The normalized spacial score (nSPS) is 14.6. The van der Waals surface area contributed by atoms with Crippen LogP contribution in [0.4, 0.5) is 4.39 Å². The first-order valence-electron chi connectivity index (χ1n) is 9.85. The predicted molar refractivity (Wildman–Crippen MR) is 107 cm³/mol. The third-order valence-electron chi connectivity index (χ3n) is 5.67. The summed E-state index contributed by atoms with van der Waals surface area (Å²) in [6.07, 6.45) is 3.72. The molecule has 2 aromatic heterocycles. The van der Waals surface area contributed by atoms with Gasteiger partial charge in [-0.1, -0.05) is 12.1 Å². The molecular formula is C22H25FN4O. The molecule has 1 amide bonds. The van der Waals surface area contributed by atoms with Gasteiger partial charge in [0.25, 0.3) is 0 Å². The van der Waals surface area contributed by atoms with Gasteiger partial charge in [-0.25, -0.2) is 13.9 Å². The zero-order chi connectivity index (χ0) is 19.8. The fourth-order valence-electron chi connectivity index (χ4n) is 4.08. The van der Waals surface area contributed by atoms with E-state index in [1.54, 1.807) is 12.1 Å². The standard InChI is InChI=1S/C22H25FN4O/c1-14-19(13-20(28)26-11-5-4-6-12-26)16(3)27-22(24-14)21(15(2)25-27)17-7-9-18(23)10-8-17/h7-10H,4-6,11-13H2,1-3H3. The highest BCUT2D eigenvalue weighted by atomic mass is 19.1. The molecule has 0 spiro atoms. The van der Waals surface area contributed by atoms with Crippen LogP contribution in [0.25, 0.3) is 16.8 Å². The minimum Gasteiger partial charge on any atom is -0.342 e. The summed E-state index contributed by atoms with van der Waals surface area (Å²) in [5.74, 6) is -0.105. The Hall–Kier alpha value is -2.76. The highest BCUT2D eigenvalue weighted by molar-refractivity contribution is 5.82. The van der Waals surface area contributed by atoms with E-state index in [4.69, 9.17) is 4.98 Å². The van der Waals surface area contributed by atoms with E-state index in [1.165, 1.54) is 18.6 Å². The lowest BCUT2D eigenvalue weighted by Gasteiger charge is -2.27. The van der Waals surface area contributed by atoms with Crippen LogP contribution in [-0.4, -0.2) is 38.5 Å². The third kappa shape index (κ3) is 3.28. The van der Waals surface area contributed by atoms with Crippen molar-refractivity contribution >= 4 is 11.6 Å². The van der Waals surface area contributed by atoms with Crippen molar-refractivity contribution in [1.29, 1.82) is 0 Å². The van der Waals surface area contributed by atoms with Crippen molar-refractivity contribution in [3.8, 4) is 11.1 Å². The lowest BCUT2D eigenvalue weighted by Crippen LogP contribution is -2.37. The van der Waals surface area contributed by atoms with Crippen LogP contribution in [0.2, 0.25) is 0 Å². The van der Waals surface area contributed by atoms with Crippen LogP contribution in [-0.2, 0) is 11.2 Å². The van der Waals surface area contributed by atoms with Crippen LogP contribution >= 0.6 is 0 Å². The smallest absolute Gasteiger partial charge is 0.227 e. The molecule has 146 valence electrons. The Morgan fingerprint density at radius 3 is 2.39 bits per heavy atom. The van der Waals surface area contributed by atoms with Gasteiger partial charge in [-0.05, 0) is 57.7 Å². The van der Waals surface area contributed by atoms with Crippen LogP contribution in [0, 0.1) is 26.6 Å².